The number of benzene rings is 1. The quantitative estimate of drug-likeness (QED) is 0.563. The van der Waals surface area contributed by atoms with E-state index in [9.17, 15) is 14.4 Å². The number of fused-ring (bicyclic) bond motifs is 1. The molecule has 3 amide bonds. The Kier molecular flexibility index (Phi) is 9.89. The molecule has 0 radical (unpaired) electrons. The zero-order valence-electron chi connectivity index (χ0n) is 17.6. The SMILES string of the molecule is C[C@@H]1NCCCOc2cc(Cl)ccc2CCCCNC(=O)CNC(=O)CN(C)C1=O. The third-order valence-corrected chi connectivity index (χ3v) is 5.06. The number of carbonyl (C=O) groups is 3. The Balaban J connectivity index is 2.00. The monoisotopic (exact) mass is 438 g/mol. The summed E-state index contributed by atoms with van der Waals surface area (Å²) < 4.78 is 5.92. The number of halogens is 1. The van der Waals surface area contributed by atoms with Crippen LogP contribution in [0.4, 0.5) is 0 Å². The average molecular weight is 439 g/mol. The standard InChI is InChI=1S/C21H31ClN4O4/c1-15-21(29)26(2)14-20(28)25-13-19(27)24-9-4-3-6-16-7-8-17(22)12-18(16)30-11-5-10-23-15/h7-8,12,15,23H,3-6,9-11,13-14H2,1-2H3,(H,24,27)(H,25,28)/t15-/m0/s1. The fraction of sp³-hybridized carbons (Fsp3) is 0.571. The Morgan fingerprint density at radius 3 is 2.67 bits per heavy atom. The molecule has 3 N–H and O–H groups in total. The Labute approximate surface area is 182 Å². The first-order valence-corrected chi connectivity index (χ1v) is 10.7. The van der Waals surface area contributed by atoms with E-state index in [0.717, 1.165) is 37.0 Å². The summed E-state index contributed by atoms with van der Waals surface area (Å²) in [4.78, 5) is 37.6. The average Bonchev–Trinajstić information content (AvgIpc) is 2.71. The number of carbonyl (C=O) groups excluding carboxylic acids is 3. The van der Waals surface area contributed by atoms with Gasteiger partial charge in [-0.3, -0.25) is 14.4 Å². The molecule has 0 saturated heterocycles. The van der Waals surface area contributed by atoms with Crippen LogP contribution in [-0.2, 0) is 20.8 Å². The predicted molar refractivity (Wildman–Crippen MR) is 116 cm³/mol. The van der Waals surface area contributed by atoms with E-state index in [0.29, 0.717) is 24.7 Å². The molecule has 1 heterocycles. The molecule has 1 atom stereocenters. The Morgan fingerprint density at radius 1 is 1.07 bits per heavy atom. The molecule has 0 aliphatic carbocycles. The van der Waals surface area contributed by atoms with Gasteiger partial charge >= 0.3 is 0 Å². The van der Waals surface area contributed by atoms with Crippen LogP contribution in [0.1, 0.15) is 31.7 Å². The zero-order valence-corrected chi connectivity index (χ0v) is 18.4. The smallest absolute Gasteiger partial charge is 0.240 e. The maximum Gasteiger partial charge on any atom is 0.240 e. The minimum Gasteiger partial charge on any atom is -0.493 e. The van der Waals surface area contributed by atoms with Gasteiger partial charge in [0.15, 0.2) is 0 Å². The number of amides is 3. The first-order chi connectivity index (χ1) is 14.4. The number of nitrogens with one attached hydrogen (secondary N) is 3. The maximum atomic E-state index is 12.4. The highest BCUT2D eigenvalue weighted by Gasteiger charge is 2.19. The molecule has 1 aliphatic heterocycles. The van der Waals surface area contributed by atoms with Gasteiger partial charge in [-0.25, -0.2) is 0 Å². The van der Waals surface area contributed by atoms with Crippen molar-refractivity contribution in [2.75, 3.05) is 39.8 Å². The number of likely N-dealkylation sites (N-methyl/N-ethyl adjacent to an activating group) is 1. The van der Waals surface area contributed by atoms with Crippen LogP contribution in [0.3, 0.4) is 0 Å². The molecule has 30 heavy (non-hydrogen) atoms. The van der Waals surface area contributed by atoms with Crippen molar-refractivity contribution in [1.82, 2.24) is 20.9 Å². The summed E-state index contributed by atoms with van der Waals surface area (Å²) in [5, 5.41) is 9.11. The Morgan fingerprint density at radius 2 is 1.87 bits per heavy atom. The third-order valence-electron chi connectivity index (χ3n) is 4.83. The van der Waals surface area contributed by atoms with E-state index in [2.05, 4.69) is 16.0 Å². The molecule has 0 spiro atoms. The van der Waals surface area contributed by atoms with Crippen LogP contribution in [-0.4, -0.2) is 68.5 Å². The highest BCUT2D eigenvalue weighted by molar-refractivity contribution is 6.30. The van der Waals surface area contributed by atoms with E-state index < -0.39 is 6.04 Å². The molecule has 1 aromatic rings. The normalized spacial score (nSPS) is 21.1. The van der Waals surface area contributed by atoms with Crippen LogP contribution >= 0.6 is 11.6 Å². The van der Waals surface area contributed by atoms with Crippen molar-refractivity contribution in [3.63, 3.8) is 0 Å². The number of ether oxygens (including phenoxy) is 1. The van der Waals surface area contributed by atoms with Crippen LogP contribution in [0.25, 0.3) is 0 Å². The molecule has 1 aromatic carbocycles. The van der Waals surface area contributed by atoms with Gasteiger partial charge in [0.2, 0.25) is 17.7 Å². The summed E-state index contributed by atoms with van der Waals surface area (Å²) in [5.74, 6) is -0.0434. The number of aryl methyl sites for hydroxylation is 1. The maximum absolute atomic E-state index is 12.4. The van der Waals surface area contributed by atoms with Gasteiger partial charge in [0.05, 0.1) is 25.7 Å². The molecule has 0 saturated carbocycles. The van der Waals surface area contributed by atoms with E-state index in [4.69, 9.17) is 16.3 Å². The van der Waals surface area contributed by atoms with E-state index >= 15 is 0 Å². The van der Waals surface area contributed by atoms with Crippen LogP contribution < -0.4 is 20.7 Å². The van der Waals surface area contributed by atoms with Gasteiger partial charge in [0.1, 0.15) is 5.75 Å². The summed E-state index contributed by atoms with van der Waals surface area (Å²) in [7, 11) is 1.57. The molecule has 0 bridgehead atoms. The van der Waals surface area contributed by atoms with Crippen molar-refractivity contribution < 1.29 is 19.1 Å². The van der Waals surface area contributed by atoms with Crippen molar-refractivity contribution in [3.8, 4) is 5.75 Å². The second kappa shape index (κ2) is 12.4. The van der Waals surface area contributed by atoms with E-state index in [-0.39, 0.29) is 30.8 Å². The number of nitrogens with zero attached hydrogens (tertiary/aromatic N) is 1. The number of hydrogen-bond acceptors (Lipinski definition) is 5. The second-order valence-electron chi connectivity index (χ2n) is 7.41. The molecule has 8 nitrogen and oxygen atoms in total. The van der Waals surface area contributed by atoms with Gasteiger partial charge in [-0.2, -0.15) is 0 Å². The van der Waals surface area contributed by atoms with Crippen molar-refractivity contribution in [1.29, 1.82) is 0 Å². The van der Waals surface area contributed by atoms with Crippen molar-refractivity contribution >= 4 is 29.3 Å². The lowest BCUT2D eigenvalue weighted by atomic mass is 10.1. The van der Waals surface area contributed by atoms with Crippen LogP contribution in [0.2, 0.25) is 5.02 Å². The van der Waals surface area contributed by atoms with Gasteiger partial charge in [-0.05, 0) is 56.8 Å². The topological polar surface area (TPSA) is 99.8 Å². The van der Waals surface area contributed by atoms with Crippen LogP contribution in [0.15, 0.2) is 18.2 Å². The molecular weight excluding hydrogens is 408 g/mol. The van der Waals surface area contributed by atoms with Gasteiger partial charge in [0.25, 0.3) is 0 Å². The lowest BCUT2D eigenvalue weighted by molar-refractivity contribution is -0.136. The van der Waals surface area contributed by atoms with E-state index in [1.807, 2.05) is 18.2 Å². The van der Waals surface area contributed by atoms with Gasteiger partial charge in [0, 0.05) is 18.6 Å². The van der Waals surface area contributed by atoms with E-state index in [1.54, 1.807) is 14.0 Å². The summed E-state index contributed by atoms with van der Waals surface area (Å²) in [5.41, 5.74) is 1.07. The lowest BCUT2D eigenvalue weighted by Gasteiger charge is -2.22. The number of hydrogen-bond donors (Lipinski definition) is 3. The molecule has 1 aliphatic rings. The van der Waals surface area contributed by atoms with Crippen molar-refractivity contribution in [2.24, 2.45) is 0 Å². The summed E-state index contributed by atoms with van der Waals surface area (Å²) in [6.45, 7) is 3.17. The lowest BCUT2D eigenvalue weighted by Crippen LogP contribution is -2.48. The minimum atomic E-state index is -0.432. The molecule has 0 fully saturated rings. The summed E-state index contributed by atoms with van der Waals surface area (Å²) >= 11 is 6.12. The third kappa shape index (κ3) is 8.20. The summed E-state index contributed by atoms with van der Waals surface area (Å²) in [6.07, 6.45) is 3.23. The van der Waals surface area contributed by atoms with Gasteiger partial charge in [-0.15, -0.1) is 0 Å². The van der Waals surface area contributed by atoms with Crippen molar-refractivity contribution in [3.05, 3.63) is 28.8 Å². The van der Waals surface area contributed by atoms with Gasteiger partial charge in [-0.1, -0.05) is 17.7 Å². The highest BCUT2D eigenvalue weighted by Crippen LogP contribution is 2.25. The van der Waals surface area contributed by atoms with Crippen LogP contribution in [0, 0.1) is 0 Å². The molecule has 2 rings (SSSR count). The van der Waals surface area contributed by atoms with Crippen molar-refractivity contribution in [2.45, 2.75) is 38.6 Å². The zero-order chi connectivity index (χ0) is 21.9. The molecule has 9 heteroatoms. The first kappa shape index (κ1) is 24.0. The van der Waals surface area contributed by atoms with Gasteiger partial charge < -0.3 is 25.6 Å². The molecular formula is C21H31ClN4O4. The Bertz CT molecular complexity index is 744. The fourth-order valence-electron chi connectivity index (χ4n) is 3.12. The summed E-state index contributed by atoms with van der Waals surface area (Å²) in [6, 6.07) is 5.20. The molecule has 0 aromatic heterocycles. The Hall–Kier alpha value is -2.32. The molecule has 166 valence electrons. The number of rotatable bonds is 0. The van der Waals surface area contributed by atoms with E-state index in [1.165, 1.54) is 4.90 Å². The highest BCUT2D eigenvalue weighted by atomic mass is 35.5. The second-order valence-corrected chi connectivity index (χ2v) is 7.84. The predicted octanol–water partition coefficient (Wildman–Crippen LogP) is 1.11. The minimum absolute atomic E-state index is 0.0984. The fourth-order valence-corrected chi connectivity index (χ4v) is 3.28. The largest absolute Gasteiger partial charge is 0.493 e. The first-order valence-electron chi connectivity index (χ1n) is 10.3. The molecule has 0 unspecified atom stereocenters. The van der Waals surface area contributed by atoms with Crippen LogP contribution in [0.5, 0.6) is 5.75 Å².